The number of nitrogens with zero attached hydrogens (tertiary/aromatic N) is 1. The van der Waals surface area contributed by atoms with Crippen LogP contribution in [0.4, 0.5) is 4.39 Å². The third-order valence-electron chi connectivity index (χ3n) is 1.62. The Labute approximate surface area is 82.3 Å². The SMILES string of the molecule is O=c1[nH]c(-c2cc(Cl)ccc2F)no1. The minimum absolute atomic E-state index is 0.0231. The smallest absolute Gasteiger partial charge is 0.296 e. The standard InChI is InChI=1S/C8H4ClFN2O2/c9-4-1-2-6(10)5(3-4)7-11-8(13)14-12-7/h1-3H,(H,11,12,13). The van der Waals surface area contributed by atoms with Gasteiger partial charge in [0.2, 0.25) is 0 Å². The molecule has 0 radical (unpaired) electrons. The van der Waals surface area contributed by atoms with Crippen LogP contribution in [0.25, 0.3) is 11.4 Å². The fourth-order valence-electron chi connectivity index (χ4n) is 1.02. The van der Waals surface area contributed by atoms with Crippen molar-refractivity contribution < 1.29 is 8.91 Å². The highest BCUT2D eigenvalue weighted by molar-refractivity contribution is 6.30. The number of hydrogen-bond acceptors (Lipinski definition) is 3. The van der Waals surface area contributed by atoms with Gasteiger partial charge in [0, 0.05) is 5.02 Å². The molecule has 1 N–H and O–H groups in total. The molecule has 14 heavy (non-hydrogen) atoms. The highest BCUT2D eigenvalue weighted by Gasteiger charge is 2.10. The Morgan fingerprint density at radius 2 is 2.29 bits per heavy atom. The van der Waals surface area contributed by atoms with E-state index in [4.69, 9.17) is 11.6 Å². The zero-order chi connectivity index (χ0) is 10.1. The second-order valence-corrected chi connectivity index (χ2v) is 3.00. The molecular formula is C8H4ClFN2O2. The highest BCUT2D eigenvalue weighted by atomic mass is 35.5. The second kappa shape index (κ2) is 3.26. The van der Waals surface area contributed by atoms with E-state index in [9.17, 15) is 9.18 Å². The number of benzene rings is 1. The van der Waals surface area contributed by atoms with Crippen LogP contribution in [-0.4, -0.2) is 10.1 Å². The lowest BCUT2D eigenvalue weighted by Crippen LogP contribution is -1.95. The molecule has 0 aliphatic rings. The van der Waals surface area contributed by atoms with Gasteiger partial charge in [0.15, 0.2) is 5.82 Å². The highest BCUT2D eigenvalue weighted by Crippen LogP contribution is 2.22. The fraction of sp³-hybridized carbons (Fsp3) is 0. The third-order valence-corrected chi connectivity index (χ3v) is 1.86. The molecule has 0 fully saturated rings. The van der Waals surface area contributed by atoms with Gasteiger partial charge in [0.05, 0.1) is 5.56 Å². The molecular weight excluding hydrogens is 211 g/mol. The van der Waals surface area contributed by atoms with E-state index >= 15 is 0 Å². The van der Waals surface area contributed by atoms with Crippen LogP contribution in [0.2, 0.25) is 5.02 Å². The van der Waals surface area contributed by atoms with Crippen LogP contribution in [0.5, 0.6) is 0 Å². The first kappa shape index (κ1) is 8.96. The first-order valence-corrected chi connectivity index (χ1v) is 4.06. The van der Waals surface area contributed by atoms with Gasteiger partial charge in [-0.1, -0.05) is 16.8 Å². The van der Waals surface area contributed by atoms with Crippen molar-refractivity contribution in [3.63, 3.8) is 0 Å². The number of nitrogens with one attached hydrogen (secondary N) is 1. The first-order valence-electron chi connectivity index (χ1n) is 3.68. The minimum atomic E-state index is -0.737. The van der Waals surface area contributed by atoms with Crippen LogP contribution in [0.1, 0.15) is 0 Å². The van der Waals surface area contributed by atoms with Crippen molar-refractivity contribution in [3.05, 3.63) is 39.6 Å². The van der Waals surface area contributed by atoms with Gasteiger partial charge in [-0.25, -0.2) is 9.18 Å². The Morgan fingerprint density at radius 1 is 1.50 bits per heavy atom. The van der Waals surface area contributed by atoms with Gasteiger partial charge in [0.1, 0.15) is 5.82 Å². The van der Waals surface area contributed by atoms with Crippen LogP contribution in [-0.2, 0) is 0 Å². The van der Waals surface area contributed by atoms with Crippen LogP contribution in [0, 0.1) is 5.82 Å². The molecule has 0 amide bonds. The molecule has 0 bridgehead atoms. The van der Waals surface area contributed by atoms with Crippen molar-refractivity contribution in [2.45, 2.75) is 0 Å². The van der Waals surface area contributed by atoms with E-state index in [2.05, 4.69) is 14.7 Å². The second-order valence-electron chi connectivity index (χ2n) is 2.57. The van der Waals surface area contributed by atoms with Crippen LogP contribution < -0.4 is 5.76 Å². The molecule has 1 aromatic heterocycles. The average Bonchev–Trinajstić information content (AvgIpc) is 2.56. The van der Waals surface area contributed by atoms with Crippen molar-refractivity contribution in [3.8, 4) is 11.4 Å². The van der Waals surface area contributed by atoms with Crippen LogP contribution >= 0.6 is 11.6 Å². The van der Waals surface area contributed by atoms with E-state index in [0.29, 0.717) is 5.02 Å². The van der Waals surface area contributed by atoms with E-state index in [1.807, 2.05) is 0 Å². The van der Waals surface area contributed by atoms with Crippen molar-refractivity contribution in [1.29, 1.82) is 0 Å². The molecule has 0 saturated heterocycles. The maximum Gasteiger partial charge on any atom is 0.439 e. The molecule has 2 aromatic rings. The number of halogens is 2. The quantitative estimate of drug-likeness (QED) is 0.788. The van der Waals surface area contributed by atoms with Gasteiger partial charge >= 0.3 is 5.76 Å². The number of aromatic amines is 1. The Hall–Kier alpha value is -1.62. The van der Waals surface area contributed by atoms with E-state index in [1.54, 1.807) is 0 Å². The van der Waals surface area contributed by atoms with Gasteiger partial charge in [-0.3, -0.25) is 9.51 Å². The van der Waals surface area contributed by atoms with Crippen molar-refractivity contribution >= 4 is 11.6 Å². The summed E-state index contributed by atoms with van der Waals surface area (Å²) in [5.74, 6) is -1.24. The Kier molecular flexibility index (Phi) is 2.09. The molecule has 72 valence electrons. The monoisotopic (exact) mass is 214 g/mol. The predicted molar refractivity (Wildman–Crippen MR) is 47.5 cm³/mol. The lowest BCUT2D eigenvalue weighted by molar-refractivity contribution is 0.387. The van der Waals surface area contributed by atoms with Gasteiger partial charge in [-0.2, -0.15) is 0 Å². The summed E-state index contributed by atoms with van der Waals surface area (Å²) in [6.07, 6.45) is 0. The number of hydrogen-bond donors (Lipinski definition) is 1. The van der Waals surface area contributed by atoms with Crippen molar-refractivity contribution in [1.82, 2.24) is 10.1 Å². The number of aromatic nitrogens is 2. The molecule has 6 heteroatoms. The predicted octanol–water partition coefficient (Wildman–Crippen LogP) is 1.82. The van der Waals surface area contributed by atoms with Crippen LogP contribution in [0.15, 0.2) is 27.5 Å². The van der Waals surface area contributed by atoms with Crippen molar-refractivity contribution in [2.24, 2.45) is 0 Å². The van der Waals surface area contributed by atoms with E-state index in [-0.39, 0.29) is 11.4 Å². The number of rotatable bonds is 1. The van der Waals surface area contributed by atoms with Crippen molar-refractivity contribution in [2.75, 3.05) is 0 Å². The molecule has 0 saturated carbocycles. The largest absolute Gasteiger partial charge is 0.439 e. The molecule has 1 aromatic carbocycles. The van der Waals surface area contributed by atoms with Gasteiger partial charge < -0.3 is 0 Å². The summed E-state index contributed by atoms with van der Waals surface area (Å²) in [6.45, 7) is 0. The van der Waals surface area contributed by atoms with E-state index in [1.165, 1.54) is 18.2 Å². The third kappa shape index (κ3) is 1.54. The molecule has 0 aliphatic carbocycles. The summed E-state index contributed by atoms with van der Waals surface area (Å²) in [5.41, 5.74) is 0.100. The normalized spacial score (nSPS) is 10.4. The first-order chi connectivity index (χ1) is 6.66. The van der Waals surface area contributed by atoms with E-state index < -0.39 is 11.6 Å². The molecule has 0 spiro atoms. The molecule has 1 heterocycles. The van der Waals surface area contributed by atoms with Gasteiger partial charge in [-0.05, 0) is 18.2 Å². The molecule has 4 nitrogen and oxygen atoms in total. The molecule has 2 rings (SSSR count). The van der Waals surface area contributed by atoms with Gasteiger partial charge in [0.25, 0.3) is 0 Å². The summed E-state index contributed by atoms with van der Waals surface area (Å²) < 4.78 is 17.4. The summed E-state index contributed by atoms with van der Waals surface area (Å²) in [4.78, 5) is 12.8. The zero-order valence-corrected chi connectivity index (χ0v) is 7.51. The lowest BCUT2D eigenvalue weighted by atomic mass is 10.2. The molecule has 0 atom stereocenters. The Morgan fingerprint density at radius 3 is 2.93 bits per heavy atom. The van der Waals surface area contributed by atoms with Crippen LogP contribution in [0.3, 0.4) is 0 Å². The van der Waals surface area contributed by atoms with Gasteiger partial charge in [-0.15, -0.1) is 0 Å². The summed E-state index contributed by atoms with van der Waals surface area (Å²) >= 11 is 5.66. The minimum Gasteiger partial charge on any atom is -0.296 e. The average molecular weight is 215 g/mol. The molecule has 0 aliphatic heterocycles. The molecule has 0 unspecified atom stereocenters. The zero-order valence-electron chi connectivity index (χ0n) is 6.75. The Bertz CT molecular complexity index is 520. The topological polar surface area (TPSA) is 58.9 Å². The summed E-state index contributed by atoms with van der Waals surface area (Å²) in [7, 11) is 0. The Balaban J connectivity index is 2.61. The maximum absolute atomic E-state index is 13.2. The maximum atomic E-state index is 13.2. The lowest BCUT2D eigenvalue weighted by Gasteiger charge is -1.97. The summed E-state index contributed by atoms with van der Waals surface area (Å²) in [5, 5.41) is 3.70. The fourth-order valence-corrected chi connectivity index (χ4v) is 1.20. The number of H-pyrrole nitrogens is 1. The van der Waals surface area contributed by atoms with E-state index in [0.717, 1.165) is 0 Å². The summed E-state index contributed by atoms with van der Waals surface area (Å²) in [6, 6.07) is 3.94.